The first-order valence-electron chi connectivity index (χ1n) is 49.2. The summed E-state index contributed by atoms with van der Waals surface area (Å²) in [7, 11) is -3.16. The largest absolute Gasteiger partial charge is 0.412 e. The fraction of sp³-hybridized carbons (Fsp3) is 0.389. The number of unbranched alkanes of at least 4 members (excludes halogenated alkanes) is 6. The molecule has 12 aromatic rings. The average molecular weight is 2120 g/mol. The quantitative estimate of drug-likeness (QED) is 0.0208. The zero-order valence-corrected chi connectivity index (χ0v) is 89.1. The van der Waals surface area contributed by atoms with Crippen LogP contribution in [0.5, 0.6) is 0 Å². The van der Waals surface area contributed by atoms with Crippen LogP contribution in [0.4, 0.5) is 17.1 Å². The Hall–Kier alpha value is -12.2. The summed E-state index contributed by atoms with van der Waals surface area (Å²) in [6.07, 6.45) is 16.9. The van der Waals surface area contributed by atoms with Gasteiger partial charge < -0.3 is 75.2 Å². The number of benzene rings is 8. The molecule has 3 aliphatic rings. The number of fused-ring (bicyclic) bond motifs is 3. The van der Waals surface area contributed by atoms with E-state index in [2.05, 4.69) is 76.6 Å². The van der Waals surface area contributed by atoms with E-state index in [1.165, 1.54) is 0 Å². The van der Waals surface area contributed by atoms with Crippen molar-refractivity contribution in [2.75, 3.05) is 73.3 Å². The molecule has 0 bridgehead atoms. The van der Waals surface area contributed by atoms with E-state index in [-0.39, 0.29) is 71.7 Å². The standard InChI is InChI=1S/C38H46BrN5O4S.C36H42ClN5O4S.C34H43N7O4S.3H2O/c1-5-8-18-42(19-9-6-2)38(47)34-20-26(4)44(40-34)35-16-15-31(41-49(48)36-17-14-30(39)21-27(36)7-3)23-33(35)37(46)43-24-29-13-11-10-12-28(29)22-32(43)25-45;1-4-6-18-40(19-7-5-2)36(45)32-20-25(3)42(38-32)33-17-16-28(39-47(46)34-15-11-10-14-31(34)37)22-30(33)35(44)41-23-27-13-9-8-12-26(27)21-29(41)24-43;1-5-7-15-39(16-8-6-2)34(44)30-17-24(3)41(36-30)31-14-13-27(37-46(45)32-21-38(4)23-35-32)19-29(31)33(43)40-20-26-12-10-9-11-25(26)18-28(40)22-42;;;/h10-17,20-21,23,32,41,45H,5-9,18-19,22,24-25H2,1-4H3;8-17,20,22,29,39,43H,4-7,18-19,21,23-24H2,1-3H3;9-14,17,19,21,23,28,37,42H,5-8,15-16,18,20,22H2,1-4H3;3*1H2/t32-,49?;29-,47?;28-,46?;;;/m000.../s1. The van der Waals surface area contributed by atoms with E-state index in [1.807, 2.05) is 133 Å². The Labute approximate surface area is 870 Å². The first-order chi connectivity index (χ1) is 68.7. The number of aryl methyl sites for hydroxylation is 5. The van der Waals surface area contributed by atoms with Gasteiger partial charge in [0.05, 0.1) is 92.8 Å². The summed E-state index contributed by atoms with van der Waals surface area (Å²) in [6.45, 7) is 24.6. The zero-order chi connectivity index (χ0) is 101. The van der Waals surface area contributed by atoms with Crippen molar-refractivity contribution in [3.8, 4) is 17.1 Å². The third-order valence-electron chi connectivity index (χ3n) is 25.9. The van der Waals surface area contributed by atoms with E-state index in [1.54, 1.807) is 150 Å². The molecule has 15 rings (SSSR count). The van der Waals surface area contributed by atoms with E-state index < -0.39 is 51.1 Å². The summed E-state index contributed by atoms with van der Waals surface area (Å²) < 4.78 is 56.6. The second-order valence-electron chi connectivity index (χ2n) is 36.2. The van der Waals surface area contributed by atoms with Gasteiger partial charge >= 0.3 is 0 Å². The zero-order valence-electron chi connectivity index (χ0n) is 84.3. The van der Waals surface area contributed by atoms with E-state index >= 15 is 0 Å². The molecule has 7 heterocycles. The molecule has 3 unspecified atom stereocenters. The number of hydrogen-bond donors (Lipinski definition) is 6. The molecule has 0 saturated carbocycles. The molecule has 0 radical (unpaired) electrons. The highest BCUT2D eigenvalue weighted by Crippen LogP contribution is 2.36. The summed E-state index contributed by atoms with van der Waals surface area (Å²) >= 11 is 9.81. The van der Waals surface area contributed by atoms with Crippen LogP contribution in [0.15, 0.2) is 220 Å². The lowest BCUT2D eigenvalue weighted by molar-refractivity contribution is 0.0539. The number of nitrogens with one attached hydrogen (secondary N) is 3. The van der Waals surface area contributed by atoms with Crippen molar-refractivity contribution in [1.29, 1.82) is 0 Å². The van der Waals surface area contributed by atoms with E-state index in [0.717, 1.165) is 120 Å². The van der Waals surface area contributed by atoms with Gasteiger partial charge in [0.25, 0.3) is 35.4 Å². The van der Waals surface area contributed by atoms with Crippen LogP contribution in [-0.4, -0.2) is 225 Å². The van der Waals surface area contributed by atoms with E-state index in [0.29, 0.717) is 189 Å². The van der Waals surface area contributed by atoms with Crippen molar-refractivity contribution in [3.63, 3.8) is 0 Å². The lowest BCUT2D eigenvalue weighted by Crippen LogP contribution is -2.46. The van der Waals surface area contributed by atoms with Gasteiger partial charge in [-0.1, -0.05) is 199 Å². The molecule has 8 aromatic carbocycles. The van der Waals surface area contributed by atoms with E-state index in [4.69, 9.17) is 26.9 Å². The summed E-state index contributed by atoms with van der Waals surface area (Å²) in [4.78, 5) is 100. The molecule has 0 saturated heterocycles. The van der Waals surface area contributed by atoms with Gasteiger partial charge in [-0.15, -0.1) is 0 Å². The number of anilines is 3. The lowest BCUT2D eigenvalue weighted by atomic mass is 9.93. The number of nitrogens with zero attached hydrogens (tertiary/aromatic N) is 14. The topological polar surface area (TPSA) is 436 Å². The Kier molecular flexibility index (Phi) is 43.4. The van der Waals surface area contributed by atoms with Crippen molar-refractivity contribution in [2.24, 2.45) is 7.05 Å². The second kappa shape index (κ2) is 54.8. The van der Waals surface area contributed by atoms with Gasteiger partial charge in [0.2, 0.25) is 0 Å². The number of hydrogen-bond acceptors (Lipinski definition) is 16. The van der Waals surface area contributed by atoms with E-state index in [9.17, 15) is 56.7 Å². The van der Waals surface area contributed by atoms with Crippen LogP contribution >= 0.6 is 27.5 Å². The van der Waals surface area contributed by atoms with Gasteiger partial charge in [0, 0.05) is 111 Å². The predicted molar refractivity (Wildman–Crippen MR) is 574 cm³/mol. The molecule has 0 fully saturated rings. The first-order valence-corrected chi connectivity index (χ1v) is 53.8. The number of aliphatic hydroxyl groups is 3. The van der Waals surface area contributed by atoms with Crippen molar-refractivity contribution in [2.45, 2.75) is 225 Å². The van der Waals surface area contributed by atoms with Gasteiger partial charge in [-0.2, -0.15) is 15.3 Å². The number of amides is 6. The minimum atomic E-state index is -1.70. The molecule has 37 heteroatoms. The molecule has 12 N–H and O–H groups in total. The first kappa shape index (κ1) is 115. The summed E-state index contributed by atoms with van der Waals surface area (Å²) in [5.41, 5.74) is 14.2. The van der Waals surface area contributed by atoms with Crippen LogP contribution in [0.1, 0.15) is 244 Å². The lowest BCUT2D eigenvalue weighted by Gasteiger charge is -2.36. The minimum Gasteiger partial charge on any atom is -0.412 e. The summed E-state index contributed by atoms with van der Waals surface area (Å²) in [5, 5.41) is 46.1. The third-order valence-corrected chi connectivity index (χ3v) is 30.2. The maximum absolute atomic E-state index is 14.6. The number of carbonyl (C=O) groups excluding carboxylic acids is 6. The Morgan fingerprint density at radius 2 is 0.717 bits per heavy atom. The smallest absolute Gasteiger partial charge is 0.274 e. The molecule has 0 aliphatic carbocycles. The van der Waals surface area contributed by atoms with Gasteiger partial charge in [-0.25, -0.2) is 31.7 Å². The van der Waals surface area contributed by atoms with Crippen LogP contribution < -0.4 is 14.2 Å². The molecular formula is C108H137BrClN17O15S3. The number of aliphatic hydroxyl groups excluding tert-OH is 3. The molecule has 776 valence electrons. The molecule has 145 heavy (non-hydrogen) atoms. The Balaban J connectivity index is 0.000000221. The van der Waals surface area contributed by atoms with Gasteiger partial charge in [-0.3, -0.25) is 33.5 Å². The van der Waals surface area contributed by atoms with Gasteiger partial charge in [-0.05, 0) is 227 Å². The number of imidazole rings is 1. The highest BCUT2D eigenvalue weighted by atomic mass is 79.9. The molecular weight excluding hydrogens is 1990 g/mol. The molecule has 3 aliphatic heterocycles. The fourth-order valence-corrected chi connectivity index (χ4v) is 21.4. The van der Waals surface area contributed by atoms with Crippen LogP contribution in [-0.2, 0) is 85.3 Å². The fourth-order valence-electron chi connectivity index (χ4n) is 17.9. The number of rotatable bonds is 40. The Morgan fingerprint density at radius 1 is 0.407 bits per heavy atom. The van der Waals surface area contributed by atoms with Crippen LogP contribution in [0.2, 0.25) is 5.02 Å². The summed E-state index contributed by atoms with van der Waals surface area (Å²) in [5.74, 6) is -1.29. The Morgan fingerprint density at radius 3 is 1.02 bits per heavy atom. The van der Waals surface area contributed by atoms with Gasteiger partial charge in [0.1, 0.15) is 0 Å². The minimum absolute atomic E-state index is 0. The van der Waals surface area contributed by atoms with Crippen molar-refractivity contribution in [1.82, 2.24) is 68.3 Å². The van der Waals surface area contributed by atoms with Crippen molar-refractivity contribution < 1.29 is 73.1 Å². The normalized spacial score (nSPS) is 14.5. The average Bonchev–Trinajstić information content (AvgIpc) is 1.74. The molecule has 6 amide bonds. The van der Waals surface area contributed by atoms with Crippen molar-refractivity contribution >= 4 is 113 Å². The molecule has 0 spiro atoms. The Bertz CT molecular complexity index is 6500. The number of halogens is 2. The maximum atomic E-state index is 14.6. The molecule has 4 aromatic heterocycles. The number of carbonyl (C=O) groups is 6. The summed E-state index contributed by atoms with van der Waals surface area (Å²) in [6, 6.07) is 55.9. The molecule has 6 atom stereocenters. The highest BCUT2D eigenvalue weighted by Gasteiger charge is 2.38. The van der Waals surface area contributed by atoms with Crippen LogP contribution in [0.25, 0.3) is 17.1 Å². The highest BCUT2D eigenvalue weighted by molar-refractivity contribution is 9.10. The molecule has 32 nitrogen and oxygen atoms in total. The monoisotopic (exact) mass is 2120 g/mol. The van der Waals surface area contributed by atoms with Crippen LogP contribution in [0, 0.1) is 20.8 Å². The number of aromatic nitrogens is 8. The maximum Gasteiger partial charge on any atom is 0.274 e. The van der Waals surface area contributed by atoms with Gasteiger partial charge in [0.15, 0.2) is 55.1 Å². The van der Waals surface area contributed by atoms with Crippen LogP contribution in [0.3, 0.4) is 0 Å². The second-order valence-corrected chi connectivity index (χ2v) is 41.0. The predicted octanol–water partition coefficient (Wildman–Crippen LogP) is 16.0. The van der Waals surface area contributed by atoms with Crippen molar-refractivity contribution in [3.05, 3.63) is 300 Å². The third kappa shape index (κ3) is 28.2. The SMILES string of the molecule is CCCCN(CCCC)C(=O)c1cc(C)n(-c2ccc(NS(=O)c3ccc(Br)cc3CC)cc2C(=O)N2Cc3ccccc3C[C@H]2CO)n1.CCCCN(CCCC)C(=O)c1cc(C)n(-c2ccc(NS(=O)c3ccccc3Cl)cc2C(=O)N2Cc3ccccc3C[C@H]2CO)n1.CCCCN(CCCC)C(=O)c1cc(C)n(-c2ccc(NS(=O)c3cn(C)cn3)cc2C(=O)N2Cc3ccccc3C[C@H]2CO)n1.O.O.O.